The van der Waals surface area contributed by atoms with Gasteiger partial charge in [-0.05, 0) is 52.6 Å². The number of hydrogen-bond donors (Lipinski definition) is 0. The molecule has 42 heavy (non-hydrogen) atoms. The Morgan fingerprint density at radius 3 is 1.88 bits per heavy atom. The van der Waals surface area contributed by atoms with Gasteiger partial charge in [0.25, 0.3) is 0 Å². The Labute approximate surface area is 254 Å². The fourth-order valence-corrected chi connectivity index (χ4v) is 3.99. The van der Waals surface area contributed by atoms with Crippen molar-refractivity contribution in [3.63, 3.8) is 0 Å². The molecule has 6 rings (SSSR count). The van der Waals surface area contributed by atoms with Gasteiger partial charge in [0.05, 0.1) is 12.2 Å². The minimum atomic E-state index is 0.540. The highest BCUT2D eigenvalue weighted by atomic mass is 15.3. The van der Waals surface area contributed by atoms with E-state index in [0.717, 1.165) is 23.5 Å². The Bertz CT molecular complexity index is 1380. The normalized spacial score (nSPS) is 10.8. The van der Waals surface area contributed by atoms with Gasteiger partial charge in [-0.3, -0.25) is 9.98 Å². The van der Waals surface area contributed by atoms with E-state index in [1.165, 1.54) is 22.3 Å². The summed E-state index contributed by atoms with van der Waals surface area (Å²) in [4.78, 5) is 16.7. The first-order valence-electron chi connectivity index (χ1n) is 15.5. The van der Waals surface area contributed by atoms with Crippen molar-refractivity contribution in [2.75, 3.05) is 0 Å². The zero-order valence-corrected chi connectivity index (χ0v) is 28.0. The highest BCUT2D eigenvalue weighted by Crippen LogP contribution is 2.23. The van der Waals surface area contributed by atoms with Gasteiger partial charge < -0.3 is 4.40 Å². The third-order valence-corrected chi connectivity index (χ3v) is 6.23. The van der Waals surface area contributed by atoms with Crippen molar-refractivity contribution < 1.29 is 0 Å². The quantitative estimate of drug-likeness (QED) is 0.216. The summed E-state index contributed by atoms with van der Waals surface area (Å²) < 4.78 is 3.85. The first kappa shape index (κ1) is 36.2. The van der Waals surface area contributed by atoms with E-state index in [4.69, 9.17) is 0 Å². The maximum atomic E-state index is 4.28. The Balaban J connectivity index is 0.000000289. The van der Waals surface area contributed by atoms with Crippen molar-refractivity contribution >= 4 is 17.5 Å². The molecule has 228 valence electrons. The van der Waals surface area contributed by atoms with Crippen LogP contribution in [0.2, 0.25) is 0 Å². The lowest BCUT2D eigenvalue weighted by atomic mass is 9.98. The molecule has 0 bridgehead atoms. The van der Waals surface area contributed by atoms with Crippen LogP contribution in [0.1, 0.15) is 129 Å². The van der Waals surface area contributed by atoms with Crippen molar-refractivity contribution in [3.8, 4) is 0 Å². The highest BCUT2D eigenvalue weighted by Gasteiger charge is 2.13. The predicted molar refractivity (Wildman–Crippen MR) is 180 cm³/mol. The van der Waals surface area contributed by atoms with Crippen LogP contribution in [-0.2, 0) is 6.54 Å². The van der Waals surface area contributed by atoms with E-state index in [0.29, 0.717) is 17.8 Å². The summed E-state index contributed by atoms with van der Waals surface area (Å²) in [6.45, 7) is 25.9. The van der Waals surface area contributed by atoms with Gasteiger partial charge in [0.2, 0.25) is 0 Å². The molecule has 0 saturated carbocycles. The number of aromatic nitrogens is 6. The molecule has 0 radical (unpaired) electrons. The topological polar surface area (TPSA) is 72.7 Å². The molecule has 0 saturated heterocycles. The van der Waals surface area contributed by atoms with Crippen LogP contribution in [0.5, 0.6) is 0 Å². The lowest BCUT2D eigenvalue weighted by Gasteiger charge is -2.08. The fraction of sp³-hybridized carbons (Fsp3) is 0.457. The molecule has 0 aromatic carbocycles. The van der Waals surface area contributed by atoms with Gasteiger partial charge in [-0.1, -0.05) is 95.2 Å². The first-order chi connectivity index (χ1) is 20.3. The SMILES string of the molecule is CC.CC.CC.CC(C)c1ccc2nccn2c1.CC(C)c1ccc2ncnn2c1.CC(C)c1ccnc2c1C=NC2. The molecule has 6 heterocycles. The monoisotopic (exact) mass is 571 g/mol. The molecule has 0 aliphatic carbocycles. The number of imidazole rings is 1. The van der Waals surface area contributed by atoms with Crippen molar-refractivity contribution in [2.45, 2.75) is 107 Å². The van der Waals surface area contributed by atoms with E-state index in [1.807, 2.05) is 78.6 Å². The first-order valence-corrected chi connectivity index (χ1v) is 15.5. The summed E-state index contributed by atoms with van der Waals surface area (Å²) >= 11 is 0. The Morgan fingerprint density at radius 2 is 1.26 bits per heavy atom. The molecule has 0 atom stereocenters. The lowest BCUT2D eigenvalue weighted by Crippen LogP contribution is -1.98. The Kier molecular flexibility index (Phi) is 16.6. The second-order valence-electron chi connectivity index (χ2n) is 9.87. The average molecular weight is 572 g/mol. The molecule has 7 nitrogen and oxygen atoms in total. The predicted octanol–water partition coefficient (Wildman–Crippen LogP) is 9.53. The molecular weight excluding hydrogens is 518 g/mol. The van der Waals surface area contributed by atoms with Gasteiger partial charge in [0, 0.05) is 42.8 Å². The van der Waals surface area contributed by atoms with Gasteiger partial charge in [-0.25, -0.2) is 14.5 Å². The van der Waals surface area contributed by atoms with Crippen LogP contribution in [0.3, 0.4) is 0 Å². The van der Waals surface area contributed by atoms with Crippen LogP contribution in [0.4, 0.5) is 0 Å². The van der Waals surface area contributed by atoms with E-state index < -0.39 is 0 Å². The van der Waals surface area contributed by atoms with Crippen molar-refractivity contribution in [1.29, 1.82) is 0 Å². The molecule has 0 N–H and O–H groups in total. The molecule has 5 aromatic heterocycles. The molecule has 1 aliphatic heterocycles. The summed E-state index contributed by atoms with van der Waals surface area (Å²) in [7, 11) is 0. The average Bonchev–Trinajstić information content (AvgIpc) is 3.80. The Hall–Kier alpha value is -3.87. The van der Waals surface area contributed by atoms with Crippen LogP contribution < -0.4 is 0 Å². The van der Waals surface area contributed by atoms with Crippen LogP contribution >= 0.6 is 0 Å². The maximum Gasteiger partial charge on any atom is 0.155 e. The standard InChI is InChI=1S/2C10H12N2.C9H11N3.3C2H6/c1-7(2)8-3-4-12-10-6-11-5-9(8)10;1-8(2)9-3-4-10-11-5-6-12(10)7-9;1-7(2)8-3-4-9-10-6-11-12(9)5-8;3*1-2/h3-5,7H,6H2,1-2H3;3-8H,1-2H3;3-7H,1-2H3;3*1-2H3. The number of aliphatic imine (C=N–C) groups is 1. The second kappa shape index (κ2) is 19.3. The van der Waals surface area contributed by atoms with E-state index in [9.17, 15) is 0 Å². The van der Waals surface area contributed by atoms with Crippen molar-refractivity contribution in [2.24, 2.45) is 4.99 Å². The molecule has 5 aromatic rings. The second-order valence-corrected chi connectivity index (χ2v) is 9.87. The zero-order chi connectivity index (χ0) is 31.7. The third kappa shape index (κ3) is 10.2. The fourth-order valence-electron chi connectivity index (χ4n) is 3.99. The van der Waals surface area contributed by atoms with E-state index in [2.05, 4.69) is 101 Å². The number of nitrogens with zero attached hydrogens (tertiary/aromatic N) is 7. The largest absolute Gasteiger partial charge is 0.307 e. The molecule has 0 fully saturated rings. The van der Waals surface area contributed by atoms with Gasteiger partial charge in [-0.2, -0.15) is 5.10 Å². The molecule has 0 amide bonds. The van der Waals surface area contributed by atoms with E-state index >= 15 is 0 Å². The molecule has 0 spiro atoms. The summed E-state index contributed by atoms with van der Waals surface area (Å²) in [6, 6.07) is 10.3. The zero-order valence-electron chi connectivity index (χ0n) is 28.0. The van der Waals surface area contributed by atoms with E-state index in [-0.39, 0.29) is 0 Å². The lowest BCUT2D eigenvalue weighted by molar-refractivity contribution is 0.835. The summed E-state index contributed by atoms with van der Waals surface area (Å²) in [6.07, 6.45) is 13.3. The van der Waals surface area contributed by atoms with Gasteiger partial charge in [0.15, 0.2) is 5.65 Å². The number of fused-ring (bicyclic) bond motifs is 3. The minimum absolute atomic E-state index is 0.540. The van der Waals surface area contributed by atoms with Crippen molar-refractivity contribution in [1.82, 2.24) is 29.0 Å². The summed E-state index contributed by atoms with van der Waals surface area (Å²) in [5.74, 6) is 1.68. The van der Waals surface area contributed by atoms with Crippen LogP contribution in [-0.4, -0.2) is 35.2 Å². The smallest absolute Gasteiger partial charge is 0.155 e. The molecule has 1 aliphatic rings. The van der Waals surface area contributed by atoms with Crippen LogP contribution in [0.15, 0.2) is 72.6 Å². The highest BCUT2D eigenvalue weighted by molar-refractivity contribution is 5.85. The summed E-state index contributed by atoms with van der Waals surface area (Å²) in [5, 5.41) is 4.07. The van der Waals surface area contributed by atoms with Gasteiger partial charge >= 0.3 is 0 Å². The van der Waals surface area contributed by atoms with E-state index in [1.54, 1.807) is 10.8 Å². The minimum Gasteiger partial charge on any atom is -0.307 e. The third-order valence-electron chi connectivity index (χ3n) is 6.23. The molecule has 7 heteroatoms. The van der Waals surface area contributed by atoms with Gasteiger partial charge in [0.1, 0.15) is 12.0 Å². The number of pyridine rings is 3. The Morgan fingerprint density at radius 1 is 0.643 bits per heavy atom. The maximum absolute atomic E-state index is 4.28. The van der Waals surface area contributed by atoms with Crippen molar-refractivity contribution in [3.05, 3.63) is 95.6 Å². The molecular formula is C35H53N7. The number of hydrogen-bond acceptors (Lipinski definition) is 5. The molecule has 0 unspecified atom stereocenters. The number of rotatable bonds is 3. The van der Waals surface area contributed by atoms with Crippen LogP contribution in [0, 0.1) is 0 Å². The van der Waals surface area contributed by atoms with Crippen LogP contribution in [0.25, 0.3) is 11.3 Å². The van der Waals surface area contributed by atoms with Gasteiger partial charge in [-0.15, -0.1) is 0 Å². The summed E-state index contributed by atoms with van der Waals surface area (Å²) in [5.41, 5.74) is 8.28.